The first-order chi connectivity index (χ1) is 8.61. The molecule has 1 aromatic heterocycles. The predicted molar refractivity (Wildman–Crippen MR) is 69.4 cm³/mol. The maximum Gasteiger partial charge on any atom is 0.130 e. The van der Waals surface area contributed by atoms with E-state index in [9.17, 15) is 0 Å². The summed E-state index contributed by atoms with van der Waals surface area (Å²) >= 11 is 0. The molecule has 96 valence electrons. The number of aliphatic hydroxyl groups is 1. The number of aromatic nitrogens is 2. The van der Waals surface area contributed by atoms with Crippen molar-refractivity contribution in [3.05, 3.63) is 47.0 Å². The first kappa shape index (κ1) is 12.6. The van der Waals surface area contributed by atoms with Crippen molar-refractivity contribution in [2.24, 2.45) is 7.05 Å². The van der Waals surface area contributed by atoms with Crippen molar-refractivity contribution in [3.63, 3.8) is 0 Å². The molecule has 2 aromatic rings. The fourth-order valence-electron chi connectivity index (χ4n) is 2.03. The number of rotatable bonds is 4. The maximum atomic E-state index is 9.14. The van der Waals surface area contributed by atoms with Crippen molar-refractivity contribution in [1.29, 1.82) is 0 Å². The Labute approximate surface area is 107 Å². The van der Waals surface area contributed by atoms with Crippen LogP contribution in [0.1, 0.15) is 22.4 Å². The molecule has 0 atom stereocenters. The second kappa shape index (κ2) is 5.23. The average Bonchev–Trinajstić information content (AvgIpc) is 2.73. The topological polar surface area (TPSA) is 47.3 Å². The number of aliphatic hydroxyl groups excluding tert-OH is 1. The van der Waals surface area contributed by atoms with E-state index in [2.05, 4.69) is 4.98 Å². The van der Waals surface area contributed by atoms with Gasteiger partial charge in [-0.25, -0.2) is 4.98 Å². The van der Waals surface area contributed by atoms with Gasteiger partial charge in [-0.15, -0.1) is 0 Å². The molecule has 2 rings (SSSR count). The number of benzene rings is 1. The predicted octanol–water partition coefficient (Wildman–Crippen LogP) is 2.11. The summed E-state index contributed by atoms with van der Waals surface area (Å²) in [5.41, 5.74) is 4.03. The van der Waals surface area contributed by atoms with Gasteiger partial charge in [0.15, 0.2) is 0 Å². The third-order valence-corrected chi connectivity index (χ3v) is 2.98. The molecule has 0 aliphatic heterocycles. The molecule has 0 saturated carbocycles. The Hall–Kier alpha value is -1.81. The molecule has 0 amide bonds. The zero-order valence-corrected chi connectivity index (χ0v) is 11.0. The molecule has 18 heavy (non-hydrogen) atoms. The Morgan fingerprint density at radius 3 is 2.44 bits per heavy atom. The Morgan fingerprint density at radius 2 is 1.94 bits per heavy atom. The summed E-state index contributed by atoms with van der Waals surface area (Å²) in [5, 5.41) is 9.14. The fraction of sp³-hybridized carbons (Fsp3) is 0.357. The van der Waals surface area contributed by atoms with Gasteiger partial charge in [-0.2, -0.15) is 0 Å². The average molecular weight is 246 g/mol. The van der Waals surface area contributed by atoms with Crippen LogP contribution in [0.25, 0.3) is 0 Å². The van der Waals surface area contributed by atoms with E-state index in [0.29, 0.717) is 6.61 Å². The molecule has 0 spiro atoms. The van der Waals surface area contributed by atoms with E-state index in [0.717, 1.165) is 28.1 Å². The minimum absolute atomic E-state index is 0.0592. The van der Waals surface area contributed by atoms with Crippen molar-refractivity contribution in [2.75, 3.05) is 0 Å². The van der Waals surface area contributed by atoms with E-state index in [1.54, 1.807) is 12.5 Å². The first-order valence-corrected chi connectivity index (χ1v) is 5.90. The Morgan fingerprint density at radius 1 is 1.28 bits per heavy atom. The van der Waals surface area contributed by atoms with Gasteiger partial charge < -0.3 is 14.4 Å². The molecule has 0 unspecified atom stereocenters. The molecule has 0 aliphatic carbocycles. The van der Waals surface area contributed by atoms with E-state index in [4.69, 9.17) is 9.84 Å². The second-order valence-electron chi connectivity index (χ2n) is 4.50. The molecule has 0 fully saturated rings. The lowest BCUT2D eigenvalue weighted by molar-refractivity contribution is 0.279. The Balaban J connectivity index is 2.17. The van der Waals surface area contributed by atoms with Crippen LogP contribution in [0.4, 0.5) is 0 Å². The van der Waals surface area contributed by atoms with Crippen molar-refractivity contribution >= 4 is 0 Å². The highest BCUT2D eigenvalue weighted by Gasteiger charge is 2.07. The van der Waals surface area contributed by atoms with E-state index in [-0.39, 0.29) is 6.61 Å². The van der Waals surface area contributed by atoms with Crippen LogP contribution < -0.4 is 4.74 Å². The molecular weight excluding hydrogens is 228 g/mol. The Kier molecular flexibility index (Phi) is 3.67. The summed E-state index contributed by atoms with van der Waals surface area (Å²) in [6.45, 7) is 4.54. The van der Waals surface area contributed by atoms with Crippen molar-refractivity contribution < 1.29 is 9.84 Å². The Bertz CT molecular complexity index is 523. The van der Waals surface area contributed by atoms with Crippen LogP contribution in [0.15, 0.2) is 24.7 Å². The standard InChI is InChI=1S/C14H18N2O2/c1-10-4-12(7-17)5-11(2)14(10)18-8-13-6-15-9-16(13)3/h4-6,9,17H,7-8H2,1-3H3. The number of imidazole rings is 1. The summed E-state index contributed by atoms with van der Waals surface area (Å²) in [6, 6.07) is 3.90. The van der Waals surface area contributed by atoms with Crippen LogP contribution in [0.5, 0.6) is 5.75 Å². The van der Waals surface area contributed by atoms with Gasteiger partial charge in [-0.1, -0.05) is 12.1 Å². The van der Waals surface area contributed by atoms with Gasteiger partial charge in [0.1, 0.15) is 12.4 Å². The molecule has 1 heterocycles. The van der Waals surface area contributed by atoms with E-state index in [1.165, 1.54) is 0 Å². The summed E-state index contributed by atoms with van der Waals surface area (Å²) in [7, 11) is 1.94. The molecular formula is C14H18N2O2. The molecule has 1 N–H and O–H groups in total. The van der Waals surface area contributed by atoms with Gasteiger partial charge in [0.25, 0.3) is 0 Å². The zero-order chi connectivity index (χ0) is 13.1. The highest BCUT2D eigenvalue weighted by atomic mass is 16.5. The van der Waals surface area contributed by atoms with E-state index >= 15 is 0 Å². The highest BCUT2D eigenvalue weighted by Crippen LogP contribution is 2.25. The van der Waals surface area contributed by atoms with Crippen LogP contribution in [-0.2, 0) is 20.3 Å². The van der Waals surface area contributed by atoms with E-state index < -0.39 is 0 Å². The minimum atomic E-state index is 0.0592. The van der Waals surface area contributed by atoms with E-state index in [1.807, 2.05) is 37.6 Å². The van der Waals surface area contributed by atoms with Gasteiger partial charge in [-0.05, 0) is 30.5 Å². The van der Waals surface area contributed by atoms with Crippen LogP contribution in [0.3, 0.4) is 0 Å². The van der Waals surface area contributed by atoms with Gasteiger partial charge in [0.05, 0.1) is 24.8 Å². The molecule has 4 nitrogen and oxygen atoms in total. The normalized spacial score (nSPS) is 10.7. The number of hydrogen-bond donors (Lipinski definition) is 1. The SMILES string of the molecule is Cc1cc(CO)cc(C)c1OCc1cncn1C. The lowest BCUT2D eigenvalue weighted by Gasteiger charge is -2.13. The lowest BCUT2D eigenvalue weighted by Crippen LogP contribution is -2.03. The van der Waals surface area contributed by atoms with Gasteiger partial charge in [-0.3, -0.25) is 0 Å². The third-order valence-electron chi connectivity index (χ3n) is 2.98. The number of ether oxygens (including phenoxy) is 1. The highest BCUT2D eigenvalue weighted by molar-refractivity contribution is 5.43. The van der Waals surface area contributed by atoms with Crippen LogP contribution in [0, 0.1) is 13.8 Å². The van der Waals surface area contributed by atoms with Crippen LogP contribution >= 0.6 is 0 Å². The number of aryl methyl sites for hydroxylation is 3. The molecule has 0 aliphatic rings. The largest absolute Gasteiger partial charge is 0.487 e. The molecule has 4 heteroatoms. The number of hydrogen-bond acceptors (Lipinski definition) is 3. The van der Waals surface area contributed by atoms with Crippen LogP contribution in [-0.4, -0.2) is 14.7 Å². The van der Waals surface area contributed by atoms with Gasteiger partial charge in [0.2, 0.25) is 0 Å². The number of nitrogens with zero attached hydrogens (tertiary/aromatic N) is 2. The summed E-state index contributed by atoms with van der Waals surface area (Å²) < 4.78 is 7.79. The first-order valence-electron chi connectivity index (χ1n) is 5.90. The minimum Gasteiger partial charge on any atom is -0.487 e. The monoisotopic (exact) mass is 246 g/mol. The second-order valence-corrected chi connectivity index (χ2v) is 4.50. The molecule has 0 radical (unpaired) electrons. The van der Waals surface area contributed by atoms with Gasteiger partial charge >= 0.3 is 0 Å². The summed E-state index contributed by atoms with van der Waals surface area (Å²) in [5.74, 6) is 0.883. The van der Waals surface area contributed by atoms with Crippen molar-refractivity contribution in [1.82, 2.24) is 9.55 Å². The molecule has 0 bridgehead atoms. The fourth-order valence-corrected chi connectivity index (χ4v) is 2.03. The van der Waals surface area contributed by atoms with Crippen LogP contribution in [0.2, 0.25) is 0 Å². The lowest BCUT2D eigenvalue weighted by atomic mass is 10.1. The van der Waals surface area contributed by atoms with Gasteiger partial charge in [0, 0.05) is 7.05 Å². The van der Waals surface area contributed by atoms with Crippen molar-refractivity contribution in [3.8, 4) is 5.75 Å². The van der Waals surface area contributed by atoms with Crippen molar-refractivity contribution in [2.45, 2.75) is 27.1 Å². The zero-order valence-electron chi connectivity index (χ0n) is 11.0. The summed E-state index contributed by atoms with van der Waals surface area (Å²) in [6.07, 6.45) is 3.56. The molecule has 1 aromatic carbocycles. The quantitative estimate of drug-likeness (QED) is 0.898. The smallest absolute Gasteiger partial charge is 0.130 e. The molecule has 0 saturated heterocycles. The maximum absolute atomic E-state index is 9.14. The third kappa shape index (κ3) is 2.54. The summed E-state index contributed by atoms with van der Waals surface area (Å²) in [4.78, 5) is 4.06.